The molecule has 2 aliphatic rings. The summed E-state index contributed by atoms with van der Waals surface area (Å²) in [6.07, 6.45) is 2.78. The van der Waals surface area contributed by atoms with Crippen LogP contribution < -0.4 is 37.2 Å². The monoisotopic (exact) mass is 1010 g/mol. The normalized spacial score (nSPS) is 16.9. The molecule has 2 heterocycles. The van der Waals surface area contributed by atoms with Gasteiger partial charge in [-0.3, -0.25) is 33.6 Å². The lowest BCUT2D eigenvalue weighted by molar-refractivity contribution is -0.141. The number of nitrogens with one attached hydrogen (secondary N) is 7. The number of carbonyl (C=O) groups excluding carboxylic acids is 8. The van der Waals surface area contributed by atoms with Crippen LogP contribution in [0.25, 0.3) is 0 Å². The summed E-state index contributed by atoms with van der Waals surface area (Å²) >= 11 is 1.85. The van der Waals surface area contributed by atoms with Gasteiger partial charge in [-0.25, -0.2) is 14.4 Å². The van der Waals surface area contributed by atoms with Gasteiger partial charge in [-0.1, -0.05) is 61.4 Å². The summed E-state index contributed by atoms with van der Waals surface area (Å²) in [6, 6.07) is 9.28. The smallest absolute Gasteiger partial charge is 0.408 e. The number of urea groups is 1. The Kier molecular flexibility index (Phi) is 24.1. The third-order valence-electron chi connectivity index (χ3n) is 11.9. The van der Waals surface area contributed by atoms with E-state index in [0.29, 0.717) is 60.6 Å². The number of thioether (sulfide) groups is 1. The van der Waals surface area contributed by atoms with Crippen molar-refractivity contribution in [2.45, 2.75) is 146 Å². The summed E-state index contributed by atoms with van der Waals surface area (Å²) in [5, 5.41) is 38.2. The summed E-state index contributed by atoms with van der Waals surface area (Å²) in [6.45, 7) is 3.01. The minimum absolute atomic E-state index is 0.0239. The third-order valence-corrected chi connectivity index (χ3v) is 13.4. The Hall–Kier alpha value is -6.71. The quantitative estimate of drug-likeness (QED) is 0.0289. The largest absolute Gasteiger partial charge is 0.481 e. The van der Waals surface area contributed by atoms with E-state index in [4.69, 9.17) is 9.47 Å². The van der Waals surface area contributed by atoms with Gasteiger partial charge in [0.2, 0.25) is 23.6 Å². The van der Waals surface area contributed by atoms with Gasteiger partial charge in [0.05, 0.1) is 24.1 Å². The molecular weight excluding hydrogens is 943 g/mol. The van der Waals surface area contributed by atoms with E-state index in [-0.39, 0.29) is 67.9 Å². The number of aryl methyl sites for hydroxylation is 2. The zero-order chi connectivity index (χ0) is 51.7. The highest BCUT2D eigenvalue weighted by atomic mass is 32.2. The Labute approximate surface area is 416 Å². The topological polar surface area (TPSA) is 314 Å². The standard InChI is InChI=1S/C49H67N7O14S/c1-30-14-13-15-31(2)43(30)47(66)69-28-37(57)35(26-42(62)63)53-45(64)33(52-46(65)34(22-23-41(60)61)55-49(68)70-27-32-16-5-3-6-17-32)18-10-12-25-51-39(58)20-7-4-11-24-50-40(59)21-9-8-19-38-44-36(29-71-38)54-48(67)56-44/h3,5-6,13-17,33-36,38,44H,4,7-12,18-29H2,1-2H3,(H,50,59)(H,51,58)(H,52,65)(H,53,64)(H,55,68)(H,60,61)(H,62,63)(H2,54,56,67)/t33-,34-,35-,36-,38-,44-/m0/s1. The number of esters is 1. The van der Waals surface area contributed by atoms with Crippen LogP contribution in [0, 0.1) is 13.8 Å². The number of benzene rings is 2. The molecule has 0 radical (unpaired) electrons. The van der Waals surface area contributed by atoms with Gasteiger partial charge >= 0.3 is 30.0 Å². The summed E-state index contributed by atoms with van der Waals surface area (Å²) in [7, 11) is 0. The number of ketones is 1. The maximum absolute atomic E-state index is 13.8. The summed E-state index contributed by atoms with van der Waals surface area (Å²) in [5.41, 5.74) is 2.04. The fourth-order valence-electron chi connectivity index (χ4n) is 8.09. The Morgan fingerprint density at radius 3 is 1.94 bits per heavy atom. The molecule has 0 aromatic heterocycles. The van der Waals surface area contributed by atoms with Crippen molar-refractivity contribution >= 4 is 71.2 Å². The fourth-order valence-corrected chi connectivity index (χ4v) is 9.63. The van der Waals surface area contributed by atoms with Crippen molar-refractivity contribution in [3.05, 3.63) is 70.8 Å². The van der Waals surface area contributed by atoms with E-state index in [1.54, 1.807) is 62.4 Å². The predicted octanol–water partition coefficient (Wildman–Crippen LogP) is 3.32. The second-order valence-electron chi connectivity index (χ2n) is 17.6. The van der Waals surface area contributed by atoms with E-state index in [9.17, 15) is 58.2 Å². The zero-order valence-electron chi connectivity index (χ0n) is 40.2. The number of unbranched alkanes of at least 4 members (excludes halogenated alkanes) is 4. The molecule has 0 bridgehead atoms. The molecule has 0 spiro atoms. The fraction of sp³-hybridized carbons (Fsp3) is 0.551. The molecule has 6 atom stereocenters. The highest BCUT2D eigenvalue weighted by molar-refractivity contribution is 8.00. The van der Waals surface area contributed by atoms with Gasteiger partial charge in [-0.15, -0.1) is 0 Å². The molecule has 0 aliphatic carbocycles. The second kappa shape index (κ2) is 30.1. The van der Waals surface area contributed by atoms with Gasteiger partial charge in [-0.2, -0.15) is 11.8 Å². The second-order valence-corrected chi connectivity index (χ2v) is 18.9. The Balaban J connectivity index is 1.25. The van der Waals surface area contributed by atoms with E-state index in [1.807, 2.05) is 11.8 Å². The molecule has 71 heavy (non-hydrogen) atoms. The van der Waals surface area contributed by atoms with Crippen molar-refractivity contribution in [3.8, 4) is 0 Å². The highest BCUT2D eigenvalue weighted by Crippen LogP contribution is 2.33. The van der Waals surface area contributed by atoms with Crippen molar-refractivity contribution in [2.75, 3.05) is 25.4 Å². The number of carboxylic acids is 2. The molecule has 388 valence electrons. The Morgan fingerprint density at radius 2 is 1.30 bits per heavy atom. The van der Waals surface area contributed by atoms with Crippen LogP contribution in [-0.4, -0.2) is 131 Å². The number of ether oxygens (including phenoxy) is 2. The number of carboxylic acid groups (broad SMARTS) is 2. The number of hydrogen-bond donors (Lipinski definition) is 9. The van der Waals surface area contributed by atoms with Crippen LogP contribution in [0.2, 0.25) is 0 Å². The van der Waals surface area contributed by atoms with Gasteiger partial charge in [-0.05, 0) is 81.9 Å². The first kappa shape index (κ1) is 56.9. The average molecular weight is 1010 g/mol. The van der Waals surface area contributed by atoms with Gasteiger partial charge in [0.25, 0.3) is 0 Å². The number of Topliss-reactive ketones (excluding diaryl/α,β-unsaturated/α-hetero) is 1. The van der Waals surface area contributed by atoms with Crippen molar-refractivity contribution in [3.63, 3.8) is 0 Å². The molecule has 9 N–H and O–H groups in total. The first-order valence-electron chi connectivity index (χ1n) is 24.0. The molecule has 0 saturated carbocycles. The predicted molar refractivity (Wildman–Crippen MR) is 260 cm³/mol. The molecule has 2 aromatic rings. The number of fused-ring (bicyclic) bond motifs is 1. The van der Waals surface area contributed by atoms with Crippen LogP contribution in [0.1, 0.15) is 117 Å². The molecule has 2 fully saturated rings. The molecule has 22 heteroatoms. The number of hydrogen-bond acceptors (Lipinski definition) is 13. The van der Waals surface area contributed by atoms with Crippen LogP contribution in [0.5, 0.6) is 0 Å². The SMILES string of the molecule is Cc1cccc(C)c1C(=O)OCC(=O)[C@H](CC(=O)O)NC(=O)[C@H](CCCCNC(=O)CCCCCNC(=O)CCCC[C@@H]1SC[C@@H]2NC(=O)N[C@@H]21)NC(=O)[C@H](CCC(=O)O)NC(=O)OCc1ccccc1. The van der Waals surface area contributed by atoms with Crippen LogP contribution >= 0.6 is 11.8 Å². The first-order valence-corrected chi connectivity index (χ1v) is 25.0. The van der Waals surface area contributed by atoms with Crippen LogP contribution in [0.4, 0.5) is 9.59 Å². The highest BCUT2D eigenvalue weighted by Gasteiger charge is 2.42. The summed E-state index contributed by atoms with van der Waals surface area (Å²) in [5.74, 6) is -5.80. The summed E-state index contributed by atoms with van der Waals surface area (Å²) < 4.78 is 10.4. The zero-order valence-corrected chi connectivity index (χ0v) is 41.0. The minimum atomic E-state index is -1.70. The first-order chi connectivity index (χ1) is 34.0. The molecule has 21 nitrogen and oxygen atoms in total. The Bertz CT molecular complexity index is 2160. The van der Waals surface area contributed by atoms with Crippen molar-refractivity contribution in [1.82, 2.24) is 37.2 Å². The number of alkyl carbamates (subject to hydrolysis) is 1. The molecule has 0 unspecified atom stereocenters. The van der Waals surface area contributed by atoms with Crippen molar-refractivity contribution in [2.24, 2.45) is 0 Å². The van der Waals surface area contributed by atoms with Gasteiger partial charge in [0.1, 0.15) is 24.7 Å². The van der Waals surface area contributed by atoms with Gasteiger partial charge in [0.15, 0.2) is 12.4 Å². The Morgan fingerprint density at radius 1 is 0.676 bits per heavy atom. The lowest BCUT2D eigenvalue weighted by Gasteiger charge is -2.25. The molecule has 4 rings (SSSR count). The van der Waals surface area contributed by atoms with Crippen molar-refractivity contribution in [1.29, 1.82) is 0 Å². The summed E-state index contributed by atoms with van der Waals surface area (Å²) in [4.78, 5) is 126. The number of amides is 7. The van der Waals surface area contributed by atoms with E-state index < -0.39 is 85.6 Å². The van der Waals surface area contributed by atoms with Crippen LogP contribution in [-0.2, 0) is 49.6 Å². The molecular formula is C49H67N7O14S. The molecule has 2 aliphatic heterocycles. The van der Waals surface area contributed by atoms with Gasteiger partial charge < -0.3 is 56.9 Å². The number of aliphatic carboxylic acids is 2. The molecule has 2 saturated heterocycles. The van der Waals surface area contributed by atoms with E-state index in [1.165, 1.54) is 0 Å². The number of carbonyl (C=O) groups is 10. The van der Waals surface area contributed by atoms with Crippen LogP contribution in [0.3, 0.4) is 0 Å². The molecule has 2 aromatic carbocycles. The van der Waals surface area contributed by atoms with E-state index in [0.717, 1.165) is 25.0 Å². The lowest BCUT2D eigenvalue weighted by Crippen LogP contribution is -2.56. The molecule has 7 amide bonds. The van der Waals surface area contributed by atoms with E-state index in [2.05, 4.69) is 37.2 Å². The third kappa shape index (κ3) is 20.7. The number of rotatable bonds is 32. The average Bonchev–Trinajstić information content (AvgIpc) is 3.89. The van der Waals surface area contributed by atoms with E-state index >= 15 is 0 Å². The van der Waals surface area contributed by atoms with Crippen molar-refractivity contribution < 1.29 is 67.6 Å². The maximum atomic E-state index is 13.8. The van der Waals surface area contributed by atoms with Gasteiger partial charge in [0, 0.05) is 43.4 Å². The lowest BCUT2D eigenvalue weighted by atomic mass is 10.0. The minimum Gasteiger partial charge on any atom is -0.481 e. The van der Waals surface area contributed by atoms with Crippen LogP contribution in [0.15, 0.2) is 48.5 Å². The maximum Gasteiger partial charge on any atom is 0.408 e.